The molecule has 0 unspecified atom stereocenters. The summed E-state index contributed by atoms with van der Waals surface area (Å²) in [5.74, 6) is 1.75. The van der Waals surface area contributed by atoms with Gasteiger partial charge in [-0.15, -0.1) is 0 Å². The van der Waals surface area contributed by atoms with Crippen LogP contribution >= 0.6 is 0 Å². The van der Waals surface area contributed by atoms with Crippen LogP contribution in [0.15, 0.2) is 72.9 Å². The Bertz CT molecular complexity index is 721. The minimum absolute atomic E-state index is 0.346. The predicted molar refractivity (Wildman–Crippen MR) is 87.3 cm³/mol. The van der Waals surface area contributed by atoms with E-state index in [0.717, 1.165) is 11.4 Å². The summed E-state index contributed by atoms with van der Waals surface area (Å²) in [6, 6.07) is 20.8. The zero-order chi connectivity index (χ0) is 15.7. The van der Waals surface area contributed by atoms with Crippen LogP contribution in [0.4, 0.5) is 0 Å². The molecule has 0 saturated heterocycles. The summed E-state index contributed by atoms with van der Waals surface area (Å²) in [6.45, 7) is 0.986. The van der Waals surface area contributed by atoms with Crippen molar-refractivity contribution in [1.82, 2.24) is 15.3 Å². The fourth-order valence-electron chi connectivity index (χ4n) is 1.95. The van der Waals surface area contributed by atoms with Crippen molar-refractivity contribution in [3.8, 4) is 17.5 Å². The lowest BCUT2D eigenvalue weighted by atomic mass is 10.3. The highest BCUT2D eigenvalue weighted by Crippen LogP contribution is 2.20. The largest absolute Gasteiger partial charge is 0.462 e. The number of hydrogen-bond donors (Lipinski definition) is 1. The van der Waals surface area contributed by atoms with Gasteiger partial charge >= 0.3 is 0 Å². The van der Waals surface area contributed by atoms with Gasteiger partial charge in [-0.3, -0.25) is 10.3 Å². The van der Waals surface area contributed by atoms with Crippen molar-refractivity contribution in [2.75, 3.05) is 6.73 Å². The lowest BCUT2D eigenvalue weighted by molar-refractivity contribution is 0.268. The van der Waals surface area contributed by atoms with E-state index >= 15 is 0 Å². The molecule has 3 aromatic rings. The van der Waals surface area contributed by atoms with Gasteiger partial charge in [-0.05, 0) is 24.3 Å². The first kappa shape index (κ1) is 15.0. The number of nitrogens with zero attached hydrogens (tertiary/aromatic N) is 2. The van der Waals surface area contributed by atoms with Crippen molar-refractivity contribution in [2.45, 2.75) is 6.54 Å². The molecule has 0 radical (unpaired) electrons. The van der Waals surface area contributed by atoms with Gasteiger partial charge in [0.2, 0.25) is 11.8 Å². The maximum atomic E-state index is 5.67. The molecule has 1 aromatic carbocycles. The van der Waals surface area contributed by atoms with Crippen LogP contribution in [-0.2, 0) is 6.54 Å². The molecule has 0 aliphatic rings. The maximum absolute atomic E-state index is 5.67. The minimum Gasteiger partial charge on any atom is -0.462 e. The zero-order valence-corrected chi connectivity index (χ0v) is 12.6. The quantitative estimate of drug-likeness (QED) is 0.535. The molecule has 0 fully saturated rings. The second kappa shape index (κ2) is 7.91. The monoisotopic (exact) mass is 307 g/mol. The standard InChI is InChI=1S/C18H17N3O2/c1-2-8-16(9-3-1)23-18-11-6-10-17(21-18)22-14-19-13-15-7-4-5-12-20-15/h1-12,19H,13-14H2. The Labute approximate surface area is 134 Å². The van der Waals surface area contributed by atoms with Crippen molar-refractivity contribution in [3.63, 3.8) is 0 Å². The summed E-state index contributed by atoms with van der Waals surface area (Å²) < 4.78 is 11.2. The van der Waals surface area contributed by atoms with Crippen LogP contribution in [0.5, 0.6) is 17.5 Å². The summed E-state index contributed by atoms with van der Waals surface area (Å²) in [6.07, 6.45) is 1.77. The molecule has 0 spiro atoms. The molecule has 5 heteroatoms. The third kappa shape index (κ3) is 4.79. The normalized spacial score (nSPS) is 10.3. The van der Waals surface area contributed by atoms with E-state index < -0.39 is 0 Å². The van der Waals surface area contributed by atoms with Crippen LogP contribution in [0.3, 0.4) is 0 Å². The highest BCUT2D eigenvalue weighted by Gasteiger charge is 2.01. The number of benzene rings is 1. The number of nitrogens with one attached hydrogen (secondary N) is 1. The Morgan fingerprint density at radius 3 is 2.48 bits per heavy atom. The summed E-state index contributed by atoms with van der Waals surface area (Å²) in [5, 5.41) is 3.15. The van der Waals surface area contributed by atoms with Crippen LogP contribution < -0.4 is 14.8 Å². The van der Waals surface area contributed by atoms with Crippen LogP contribution in [-0.4, -0.2) is 16.7 Å². The molecule has 1 N–H and O–H groups in total. The molecule has 2 aromatic heterocycles. The molecule has 2 heterocycles. The molecule has 0 saturated carbocycles. The van der Waals surface area contributed by atoms with Gasteiger partial charge in [-0.2, -0.15) is 4.98 Å². The van der Waals surface area contributed by atoms with E-state index in [9.17, 15) is 0 Å². The van der Waals surface area contributed by atoms with E-state index in [1.165, 1.54) is 0 Å². The summed E-state index contributed by atoms with van der Waals surface area (Å²) in [4.78, 5) is 8.54. The fraction of sp³-hybridized carbons (Fsp3) is 0.111. The van der Waals surface area contributed by atoms with Crippen LogP contribution in [0.2, 0.25) is 0 Å². The van der Waals surface area contributed by atoms with Gasteiger partial charge in [0.05, 0.1) is 5.69 Å². The molecule has 23 heavy (non-hydrogen) atoms. The molecule has 0 bridgehead atoms. The van der Waals surface area contributed by atoms with Crippen molar-refractivity contribution in [2.24, 2.45) is 0 Å². The Morgan fingerprint density at radius 2 is 1.65 bits per heavy atom. The first-order valence-corrected chi connectivity index (χ1v) is 7.33. The molecule has 0 amide bonds. The highest BCUT2D eigenvalue weighted by atomic mass is 16.5. The lowest BCUT2D eigenvalue weighted by Crippen LogP contribution is -2.20. The third-order valence-corrected chi connectivity index (χ3v) is 3.02. The van der Waals surface area contributed by atoms with E-state index in [2.05, 4.69) is 15.3 Å². The Balaban J connectivity index is 1.49. The second-order valence-electron chi connectivity index (χ2n) is 4.77. The molecule has 5 nitrogen and oxygen atoms in total. The van der Waals surface area contributed by atoms with Crippen molar-refractivity contribution < 1.29 is 9.47 Å². The number of para-hydroxylation sites is 1. The minimum atomic E-state index is 0.346. The number of hydrogen-bond acceptors (Lipinski definition) is 5. The molecule has 0 atom stereocenters. The first-order valence-electron chi connectivity index (χ1n) is 7.33. The zero-order valence-electron chi connectivity index (χ0n) is 12.6. The van der Waals surface area contributed by atoms with Gasteiger partial charge in [0.1, 0.15) is 12.5 Å². The van der Waals surface area contributed by atoms with Crippen LogP contribution in [0.25, 0.3) is 0 Å². The van der Waals surface area contributed by atoms with Crippen LogP contribution in [0.1, 0.15) is 5.69 Å². The lowest BCUT2D eigenvalue weighted by Gasteiger charge is -2.09. The van der Waals surface area contributed by atoms with E-state index in [4.69, 9.17) is 9.47 Å². The average Bonchev–Trinajstić information content (AvgIpc) is 2.61. The van der Waals surface area contributed by atoms with Gasteiger partial charge in [-0.1, -0.05) is 30.3 Å². The smallest absolute Gasteiger partial charge is 0.222 e. The molecule has 3 rings (SSSR count). The second-order valence-corrected chi connectivity index (χ2v) is 4.77. The Hall–Kier alpha value is -2.92. The van der Waals surface area contributed by atoms with Gasteiger partial charge in [-0.25, -0.2) is 0 Å². The van der Waals surface area contributed by atoms with E-state index in [-0.39, 0.29) is 0 Å². The van der Waals surface area contributed by atoms with Crippen molar-refractivity contribution >= 4 is 0 Å². The highest BCUT2D eigenvalue weighted by molar-refractivity contribution is 5.28. The number of pyridine rings is 2. The molecule has 0 aliphatic heterocycles. The van der Waals surface area contributed by atoms with Gasteiger partial charge in [0.25, 0.3) is 0 Å². The Kier molecular flexibility index (Phi) is 5.16. The SMILES string of the molecule is c1ccc(Oc2cccc(OCNCc3ccccn3)n2)cc1. The number of ether oxygens (including phenoxy) is 2. The maximum Gasteiger partial charge on any atom is 0.222 e. The first-order chi connectivity index (χ1) is 11.4. The Morgan fingerprint density at radius 1 is 0.826 bits per heavy atom. The number of aromatic nitrogens is 2. The molecule has 116 valence electrons. The van der Waals surface area contributed by atoms with Crippen molar-refractivity contribution in [3.05, 3.63) is 78.6 Å². The van der Waals surface area contributed by atoms with Gasteiger partial charge in [0.15, 0.2) is 0 Å². The summed E-state index contributed by atoms with van der Waals surface area (Å²) in [7, 11) is 0. The topological polar surface area (TPSA) is 56.3 Å². The van der Waals surface area contributed by atoms with E-state index in [0.29, 0.717) is 25.0 Å². The molecular formula is C18H17N3O2. The summed E-state index contributed by atoms with van der Waals surface area (Å²) in [5.41, 5.74) is 0.963. The van der Waals surface area contributed by atoms with Gasteiger partial charge in [0, 0.05) is 24.9 Å². The van der Waals surface area contributed by atoms with E-state index in [1.807, 2.05) is 54.6 Å². The third-order valence-electron chi connectivity index (χ3n) is 3.02. The van der Waals surface area contributed by atoms with Crippen molar-refractivity contribution in [1.29, 1.82) is 0 Å². The predicted octanol–water partition coefficient (Wildman–Crippen LogP) is 3.40. The van der Waals surface area contributed by atoms with E-state index in [1.54, 1.807) is 18.3 Å². The average molecular weight is 307 g/mol. The van der Waals surface area contributed by atoms with Gasteiger partial charge < -0.3 is 9.47 Å². The summed E-state index contributed by atoms with van der Waals surface area (Å²) >= 11 is 0. The number of rotatable bonds is 7. The fourth-order valence-corrected chi connectivity index (χ4v) is 1.95. The molecular weight excluding hydrogens is 290 g/mol. The molecule has 0 aliphatic carbocycles. The van der Waals surface area contributed by atoms with Crippen LogP contribution in [0, 0.1) is 0 Å².